The molecule has 4 rings (SSSR count). The third kappa shape index (κ3) is 3.81. The van der Waals surface area contributed by atoms with Crippen molar-refractivity contribution >= 4 is 5.91 Å². The number of carbonyl (C=O) groups is 1. The van der Waals surface area contributed by atoms with E-state index in [9.17, 15) is 4.79 Å². The van der Waals surface area contributed by atoms with E-state index in [1.807, 2.05) is 30.0 Å². The number of piperidine rings is 1. The van der Waals surface area contributed by atoms with Gasteiger partial charge in [0.1, 0.15) is 0 Å². The van der Waals surface area contributed by atoms with Crippen LogP contribution in [0.25, 0.3) is 0 Å². The Hall–Kier alpha value is -2.61. The van der Waals surface area contributed by atoms with Crippen LogP contribution in [-0.2, 0) is 17.9 Å². The van der Waals surface area contributed by atoms with Gasteiger partial charge < -0.3 is 18.9 Å². The Morgan fingerprint density at radius 3 is 2.76 bits per heavy atom. The number of benzene rings is 1. The van der Waals surface area contributed by atoms with Crippen molar-refractivity contribution in [3.63, 3.8) is 0 Å². The van der Waals surface area contributed by atoms with E-state index in [1.54, 1.807) is 14.2 Å². The molecule has 0 radical (unpaired) electrons. The molecule has 1 aromatic carbocycles. The molecule has 0 aliphatic carbocycles. The third-order valence-corrected chi connectivity index (χ3v) is 6.03. The van der Waals surface area contributed by atoms with Crippen molar-refractivity contribution in [1.82, 2.24) is 19.9 Å². The number of carbonyl (C=O) groups excluding carboxylic acids is 1. The summed E-state index contributed by atoms with van der Waals surface area (Å²) in [5.41, 5.74) is 0.646. The number of methoxy groups -OCH3 is 2. The molecule has 8 nitrogen and oxygen atoms in total. The van der Waals surface area contributed by atoms with Crippen molar-refractivity contribution in [2.45, 2.75) is 39.3 Å². The summed E-state index contributed by atoms with van der Waals surface area (Å²) in [5.74, 6) is 2.87. The van der Waals surface area contributed by atoms with Gasteiger partial charge in [-0.1, -0.05) is 17.3 Å². The fraction of sp³-hybridized carbons (Fsp3) is 0.571. The summed E-state index contributed by atoms with van der Waals surface area (Å²) < 4.78 is 16.2. The zero-order chi connectivity index (χ0) is 20.4. The lowest BCUT2D eigenvalue weighted by atomic mass is 9.78. The lowest BCUT2D eigenvalue weighted by Crippen LogP contribution is -2.49. The number of ether oxygens (including phenoxy) is 2. The van der Waals surface area contributed by atoms with Gasteiger partial charge in [-0.3, -0.25) is 9.69 Å². The lowest BCUT2D eigenvalue weighted by Gasteiger charge is -2.39. The van der Waals surface area contributed by atoms with Crippen molar-refractivity contribution in [2.75, 3.05) is 33.9 Å². The van der Waals surface area contributed by atoms with E-state index < -0.39 is 0 Å². The highest BCUT2D eigenvalue weighted by Crippen LogP contribution is 2.41. The number of amides is 1. The first-order valence-corrected chi connectivity index (χ1v) is 10.1. The van der Waals surface area contributed by atoms with E-state index in [2.05, 4.69) is 15.0 Å². The van der Waals surface area contributed by atoms with Gasteiger partial charge in [-0.15, -0.1) is 0 Å². The van der Waals surface area contributed by atoms with Crippen LogP contribution in [0.15, 0.2) is 22.7 Å². The Morgan fingerprint density at radius 1 is 1.17 bits per heavy atom. The minimum Gasteiger partial charge on any atom is -0.493 e. The Balaban J connectivity index is 1.47. The number of hydrogen-bond donors (Lipinski definition) is 0. The number of rotatable bonds is 6. The maximum Gasteiger partial charge on any atom is 0.240 e. The van der Waals surface area contributed by atoms with Gasteiger partial charge >= 0.3 is 0 Å². The highest BCUT2D eigenvalue weighted by atomic mass is 16.5. The second-order valence-corrected chi connectivity index (χ2v) is 7.96. The molecule has 156 valence electrons. The Kier molecular flexibility index (Phi) is 5.45. The molecule has 8 heteroatoms. The van der Waals surface area contributed by atoms with E-state index in [0.717, 1.165) is 44.5 Å². The van der Waals surface area contributed by atoms with Gasteiger partial charge in [0, 0.05) is 25.2 Å². The number of likely N-dealkylation sites (tertiary alicyclic amines) is 2. The van der Waals surface area contributed by atoms with Gasteiger partial charge in [-0.25, -0.2) is 0 Å². The van der Waals surface area contributed by atoms with Crippen LogP contribution in [0.5, 0.6) is 11.5 Å². The minimum absolute atomic E-state index is 0.234. The van der Waals surface area contributed by atoms with E-state index in [4.69, 9.17) is 14.0 Å². The average molecular weight is 400 g/mol. The second kappa shape index (κ2) is 8.02. The lowest BCUT2D eigenvalue weighted by molar-refractivity contribution is -0.146. The third-order valence-electron chi connectivity index (χ3n) is 6.03. The quantitative estimate of drug-likeness (QED) is 0.736. The molecule has 1 spiro atoms. The topological polar surface area (TPSA) is 80.9 Å². The van der Waals surface area contributed by atoms with Gasteiger partial charge in [0.15, 0.2) is 17.3 Å². The molecule has 1 aromatic heterocycles. The molecule has 2 aromatic rings. The molecule has 2 fully saturated rings. The van der Waals surface area contributed by atoms with Crippen LogP contribution >= 0.6 is 0 Å². The van der Waals surface area contributed by atoms with Gasteiger partial charge in [0.2, 0.25) is 11.8 Å². The standard InChI is InChI=1S/C21H28N4O4/c1-15-22-18(29-23-15)13-24-11-9-21(14-24)8-5-10-25(20(21)26)12-16-6-4-7-17(27-2)19(16)28-3/h4,6-7H,5,8-14H2,1-3H3/t21-/m0/s1. The molecular formula is C21H28N4O4. The molecule has 0 bridgehead atoms. The highest BCUT2D eigenvalue weighted by Gasteiger charge is 2.48. The Bertz CT molecular complexity index is 883. The maximum atomic E-state index is 13.5. The van der Waals surface area contributed by atoms with Crippen LogP contribution in [-0.4, -0.2) is 59.7 Å². The van der Waals surface area contributed by atoms with Crippen LogP contribution in [0, 0.1) is 12.3 Å². The number of para-hydroxylation sites is 1. The molecule has 29 heavy (non-hydrogen) atoms. The SMILES string of the molecule is COc1cccc(CN2CCC[C@@]3(CCN(Cc4nc(C)no4)C3)C2=O)c1OC. The smallest absolute Gasteiger partial charge is 0.240 e. The Morgan fingerprint density at radius 2 is 2.03 bits per heavy atom. The van der Waals surface area contributed by atoms with Gasteiger partial charge in [0.25, 0.3) is 0 Å². The van der Waals surface area contributed by atoms with Crippen molar-refractivity contribution in [3.8, 4) is 11.5 Å². The van der Waals surface area contributed by atoms with E-state index in [-0.39, 0.29) is 11.3 Å². The summed E-state index contributed by atoms with van der Waals surface area (Å²) in [5, 5.41) is 3.86. The summed E-state index contributed by atoms with van der Waals surface area (Å²) in [7, 11) is 3.26. The van der Waals surface area contributed by atoms with Gasteiger partial charge in [0.05, 0.1) is 26.2 Å². The predicted molar refractivity (Wildman–Crippen MR) is 106 cm³/mol. The van der Waals surface area contributed by atoms with Gasteiger partial charge in [-0.2, -0.15) is 4.98 Å². The minimum atomic E-state index is -0.320. The summed E-state index contributed by atoms with van der Waals surface area (Å²) in [6.07, 6.45) is 2.80. The molecule has 0 N–H and O–H groups in total. The normalized spacial score (nSPS) is 22.4. The molecule has 0 unspecified atom stereocenters. The first-order chi connectivity index (χ1) is 14.0. The molecule has 0 saturated carbocycles. The van der Waals surface area contributed by atoms with E-state index in [0.29, 0.717) is 36.3 Å². The second-order valence-electron chi connectivity index (χ2n) is 7.96. The fourth-order valence-electron chi connectivity index (χ4n) is 4.65. The largest absolute Gasteiger partial charge is 0.493 e. The Labute approximate surface area is 170 Å². The van der Waals surface area contributed by atoms with Crippen LogP contribution < -0.4 is 9.47 Å². The highest BCUT2D eigenvalue weighted by molar-refractivity contribution is 5.84. The summed E-state index contributed by atoms with van der Waals surface area (Å²) >= 11 is 0. The molecule has 1 atom stereocenters. The van der Waals surface area contributed by atoms with Crippen LogP contribution in [0.2, 0.25) is 0 Å². The number of aryl methyl sites for hydroxylation is 1. The van der Waals surface area contributed by atoms with Crippen LogP contribution in [0.4, 0.5) is 0 Å². The summed E-state index contributed by atoms with van der Waals surface area (Å²) in [6, 6.07) is 5.80. The average Bonchev–Trinajstić information content (AvgIpc) is 3.32. The fourth-order valence-corrected chi connectivity index (χ4v) is 4.65. The van der Waals surface area contributed by atoms with E-state index >= 15 is 0 Å². The first-order valence-electron chi connectivity index (χ1n) is 10.1. The van der Waals surface area contributed by atoms with Gasteiger partial charge in [-0.05, 0) is 38.8 Å². The molecular weight excluding hydrogens is 372 g/mol. The monoisotopic (exact) mass is 400 g/mol. The maximum absolute atomic E-state index is 13.5. The number of hydrogen-bond acceptors (Lipinski definition) is 7. The summed E-state index contributed by atoms with van der Waals surface area (Å²) in [6.45, 7) is 5.31. The summed E-state index contributed by atoms with van der Waals surface area (Å²) in [4.78, 5) is 22.0. The number of nitrogens with zero attached hydrogens (tertiary/aromatic N) is 4. The van der Waals surface area contributed by atoms with Crippen molar-refractivity contribution in [3.05, 3.63) is 35.5 Å². The first kappa shape index (κ1) is 19.7. The zero-order valence-electron chi connectivity index (χ0n) is 17.3. The van der Waals surface area contributed by atoms with Crippen LogP contribution in [0.3, 0.4) is 0 Å². The molecule has 2 aliphatic rings. The van der Waals surface area contributed by atoms with Crippen LogP contribution in [0.1, 0.15) is 36.5 Å². The van der Waals surface area contributed by atoms with E-state index in [1.165, 1.54) is 0 Å². The van der Waals surface area contributed by atoms with Crippen molar-refractivity contribution in [2.24, 2.45) is 5.41 Å². The molecule has 2 saturated heterocycles. The zero-order valence-corrected chi connectivity index (χ0v) is 17.3. The molecule has 3 heterocycles. The van der Waals surface area contributed by atoms with Crippen molar-refractivity contribution in [1.29, 1.82) is 0 Å². The number of aromatic nitrogens is 2. The molecule has 2 aliphatic heterocycles. The van der Waals surface area contributed by atoms with Crippen molar-refractivity contribution < 1.29 is 18.8 Å². The predicted octanol–water partition coefficient (Wildman–Crippen LogP) is 2.41. The molecule has 1 amide bonds.